The summed E-state index contributed by atoms with van der Waals surface area (Å²) in [6, 6.07) is 12.9. The van der Waals surface area contributed by atoms with E-state index in [4.69, 9.17) is 15.7 Å². The number of halogens is 1. The van der Waals surface area contributed by atoms with Crippen molar-refractivity contribution in [2.75, 3.05) is 12.3 Å². The molecule has 2 aromatic rings. The number of hydrogen-bond acceptors (Lipinski definition) is 5. The molecule has 0 aliphatic carbocycles. The minimum absolute atomic E-state index is 0.262. The summed E-state index contributed by atoms with van der Waals surface area (Å²) in [6.07, 6.45) is 2.31. The first-order valence-electron chi connectivity index (χ1n) is 8.51. The van der Waals surface area contributed by atoms with Gasteiger partial charge in [-0.2, -0.15) is 5.26 Å². The predicted molar refractivity (Wildman–Crippen MR) is 98.2 cm³/mol. The summed E-state index contributed by atoms with van der Waals surface area (Å²) < 4.78 is 19.2. The van der Waals surface area contributed by atoms with Crippen LogP contribution in [0.3, 0.4) is 0 Å². The Bertz CT molecular complexity index is 798. The summed E-state index contributed by atoms with van der Waals surface area (Å²) in [5, 5.41) is 9.13. The third kappa shape index (κ3) is 4.31. The second kappa shape index (κ2) is 7.87. The maximum Gasteiger partial charge on any atom is 0.219 e. The van der Waals surface area contributed by atoms with E-state index >= 15 is 0 Å². The number of anilines is 1. The number of likely N-dealkylation sites (tertiary alicyclic amines) is 1. The molecule has 1 fully saturated rings. The van der Waals surface area contributed by atoms with Crippen LogP contribution in [0.2, 0.25) is 0 Å². The molecule has 0 bridgehead atoms. The number of nitriles is 1. The molecule has 3 rings (SSSR count). The van der Waals surface area contributed by atoms with Crippen LogP contribution in [0, 0.1) is 11.3 Å². The Morgan fingerprint density at radius 3 is 2.77 bits per heavy atom. The molecule has 6 heteroatoms. The summed E-state index contributed by atoms with van der Waals surface area (Å²) in [7, 11) is 0. The fourth-order valence-electron chi connectivity index (χ4n) is 2.99. The van der Waals surface area contributed by atoms with Crippen molar-refractivity contribution in [3.63, 3.8) is 0 Å². The first-order valence-corrected chi connectivity index (χ1v) is 8.51. The quantitative estimate of drug-likeness (QED) is 0.855. The lowest BCUT2D eigenvalue weighted by Gasteiger charge is -2.23. The van der Waals surface area contributed by atoms with Gasteiger partial charge in [-0.3, -0.25) is 0 Å². The SMILES string of the molecule is C=C(CCc1ccc(Oc2ccc(N)cn2)cc1)N1CC(F)CC1C#N. The number of aromatic nitrogens is 1. The smallest absolute Gasteiger partial charge is 0.219 e. The highest BCUT2D eigenvalue weighted by molar-refractivity contribution is 5.38. The van der Waals surface area contributed by atoms with Gasteiger partial charge >= 0.3 is 0 Å². The largest absolute Gasteiger partial charge is 0.439 e. The van der Waals surface area contributed by atoms with E-state index in [2.05, 4.69) is 17.6 Å². The zero-order chi connectivity index (χ0) is 18.5. The number of rotatable bonds is 6. The van der Waals surface area contributed by atoms with Gasteiger partial charge in [0.2, 0.25) is 5.88 Å². The van der Waals surface area contributed by atoms with Gasteiger partial charge in [-0.1, -0.05) is 18.7 Å². The Morgan fingerprint density at radius 1 is 1.35 bits per heavy atom. The maximum absolute atomic E-state index is 13.5. The minimum Gasteiger partial charge on any atom is -0.439 e. The van der Waals surface area contributed by atoms with E-state index in [0.717, 1.165) is 17.7 Å². The molecular weight excluding hydrogens is 331 g/mol. The van der Waals surface area contributed by atoms with E-state index in [1.54, 1.807) is 23.2 Å². The lowest BCUT2D eigenvalue weighted by molar-refractivity contribution is 0.312. The van der Waals surface area contributed by atoms with Crippen LogP contribution in [0.1, 0.15) is 18.4 Å². The number of ether oxygens (including phenoxy) is 1. The summed E-state index contributed by atoms with van der Waals surface area (Å²) in [5.74, 6) is 1.17. The Hall–Kier alpha value is -3.07. The summed E-state index contributed by atoms with van der Waals surface area (Å²) in [6.45, 7) is 4.29. The highest BCUT2D eigenvalue weighted by Gasteiger charge is 2.32. The molecule has 1 aromatic carbocycles. The molecule has 2 heterocycles. The molecule has 0 amide bonds. The van der Waals surface area contributed by atoms with Crippen LogP contribution >= 0.6 is 0 Å². The summed E-state index contributed by atoms with van der Waals surface area (Å²) in [4.78, 5) is 5.89. The average molecular weight is 352 g/mol. The fourth-order valence-corrected chi connectivity index (χ4v) is 2.99. The van der Waals surface area contributed by atoms with E-state index in [0.29, 0.717) is 23.7 Å². The van der Waals surface area contributed by atoms with Crippen molar-refractivity contribution in [1.29, 1.82) is 5.26 Å². The van der Waals surface area contributed by atoms with Crippen LogP contribution in [0.15, 0.2) is 54.9 Å². The molecule has 1 aromatic heterocycles. The second-order valence-electron chi connectivity index (χ2n) is 6.37. The third-order valence-corrected chi connectivity index (χ3v) is 4.41. The first-order chi connectivity index (χ1) is 12.5. The molecular formula is C20H21FN4O. The molecule has 2 atom stereocenters. The lowest BCUT2D eigenvalue weighted by atomic mass is 10.1. The van der Waals surface area contributed by atoms with Crippen LogP contribution in [-0.4, -0.2) is 28.6 Å². The summed E-state index contributed by atoms with van der Waals surface area (Å²) >= 11 is 0. The van der Waals surface area contributed by atoms with Crippen LogP contribution < -0.4 is 10.5 Å². The van der Waals surface area contributed by atoms with Gasteiger partial charge in [0.1, 0.15) is 18.0 Å². The van der Waals surface area contributed by atoms with Crippen molar-refractivity contribution in [1.82, 2.24) is 9.88 Å². The van der Waals surface area contributed by atoms with E-state index in [1.165, 1.54) is 0 Å². The van der Waals surface area contributed by atoms with Crippen LogP contribution in [0.25, 0.3) is 0 Å². The average Bonchev–Trinajstić information content (AvgIpc) is 3.04. The predicted octanol–water partition coefficient (Wildman–Crippen LogP) is 3.84. The van der Waals surface area contributed by atoms with Crippen molar-refractivity contribution in [3.05, 3.63) is 60.4 Å². The summed E-state index contributed by atoms with van der Waals surface area (Å²) in [5.41, 5.74) is 8.11. The van der Waals surface area contributed by atoms with Gasteiger partial charge in [0.25, 0.3) is 0 Å². The minimum atomic E-state index is -0.949. The van der Waals surface area contributed by atoms with Crippen LogP contribution in [0.4, 0.5) is 10.1 Å². The Labute approximate surface area is 152 Å². The molecule has 1 aliphatic rings. The number of allylic oxidation sites excluding steroid dienone is 1. The van der Waals surface area contributed by atoms with Gasteiger partial charge in [-0.25, -0.2) is 9.37 Å². The highest BCUT2D eigenvalue weighted by atomic mass is 19.1. The Balaban J connectivity index is 1.53. The Morgan fingerprint density at radius 2 is 2.12 bits per heavy atom. The standard InChI is InChI=1S/C20H21FN4O/c1-14(25-13-16(21)10-18(25)11-22)2-3-15-4-7-19(8-5-15)26-20-9-6-17(23)12-24-20/h4-9,12,16,18H,1-3,10,13,23H2. The van der Waals surface area contributed by atoms with E-state index in [9.17, 15) is 4.39 Å². The third-order valence-electron chi connectivity index (χ3n) is 4.41. The molecule has 26 heavy (non-hydrogen) atoms. The zero-order valence-electron chi connectivity index (χ0n) is 14.4. The molecule has 1 saturated heterocycles. The Kier molecular flexibility index (Phi) is 5.37. The van der Waals surface area contributed by atoms with E-state index in [-0.39, 0.29) is 13.0 Å². The molecule has 0 spiro atoms. The first kappa shape index (κ1) is 17.7. The number of alkyl halides is 1. The molecule has 5 nitrogen and oxygen atoms in total. The topological polar surface area (TPSA) is 75.2 Å². The van der Waals surface area contributed by atoms with Gasteiger partial charge < -0.3 is 15.4 Å². The highest BCUT2D eigenvalue weighted by Crippen LogP contribution is 2.26. The van der Waals surface area contributed by atoms with Gasteiger partial charge in [0.15, 0.2) is 0 Å². The fraction of sp³-hybridized carbons (Fsp3) is 0.300. The number of nitrogens with zero attached hydrogens (tertiary/aromatic N) is 3. The maximum atomic E-state index is 13.5. The number of nitrogens with two attached hydrogens (primary N) is 1. The molecule has 2 N–H and O–H groups in total. The number of aryl methyl sites for hydroxylation is 1. The van der Waals surface area contributed by atoms with Crippen molar-refractivity contribution in [2.24, 2.45) is 0 Å². The molecule has 1 aliphatic heterocycles. The lowest BCUT2D eigenvalue weighted by Crippen LogP contribution is -2.27. The van der Waals surface area contributed by atoms with Crippen molar-refractivity contribution >= 4 is 5.69 Å². The second-order valence-corrected chi connectivity index (χ2v) is 6.37. The monoisotopic (exact) mass is 352 g/mol. The van der Waals surface area contributed by atoms with Gasteiger partial charge in [0, 0.05) is 18.2 Å². The van der Waals surface area contributed by atoms with Gasteiger partial charge in [-0.15, -0.1) is 0 Å². The van der Waals surface area contributed by atoms with Gasteiger partial charge in [0.05, 0.1) is 24.5 Å². The van der Waals surface area contributed by atoms with Crippen molar-refractivity contribution in [3.8, 4) is 17.7 Å². The zero-order valence-corrected chi connectivity index (χ0v) is 14.4. The number of nitrogen functional groups attached to an aromatic ring is 1. The molecule has 0 radical (unpaired) electrons. The van der Waals surface area contributed by atoms with Crippen LogP contribution in [0.5, 0.6) is 11.6 Å². The normalized spacial score (nSPS) is 19.2. The van der Waals surface area contributed by atoms with E-state index in [1.807, 2.05) is 24.3 Å². The number of pyridine rings is 1. The number of benzene rings is 1. The number of hydrogen-bond donors (Lipinski definition) is 1. The van der Waals surface area contributed by atoms with Crippen LogP contribution in [-0.2, 0) is 6.42 Å². The van der Waals surface area contributed by atoms with Crippen molar-refractivity contribution in [2.45, 2.75) is 31.5 Å². The molecule has 0 saturated carbocycles. The van der Waals surface area contributed by atoms with E-state index < -0.39 is 12.2 Å². The van der Waals surface area contributed by atoms with Crippen molar-refractivity contribution < 1.29 is 9.13 Å². The van der Waals surface area contributed by atoms with Gasteiger partial charge in [-0.05, 0) is 36.6 Å². The molecule has 134 valence electrons. The molecule has 2 unspecified atom stereocenters.